The maximum absolute atomic E-state index is 12.3. The number of aliphatic imine (C=N–C) groups is 1. The molecule has 0 radical (unpaired) electrons. The van der Waals surface area contributed by atoms with Gasteiger partial charge in [-0.1, -0.05) is 6.07 Å². The van der Waals surface area contributed by atoms with E-state index < -0.39 is 0 Å². The number of guanidine groups is 1. The second-order valence-electron chi connectivity index (χ2n) is 7.91. The van der Waals surface area contributed by atoms with Gasteiger partial charge in [0.1, 0.15) is 0 Å². The summed E-state index contributed by atoms with van der Waals surface area (Å²) in [5.74, 6) is 2.52. The average molecular weight is 434 g/mol. The highest BCUT2D eigenvalue weighted by Gasteiger charge is 2.30. The molecule has 0 spiro atoms. The van der Waals surface area contributed by atoms with Crippen LogP contribution in [-0.2, 0) is 11.2 Å². The number of likely N-dealkylation sites (tertiary alicyclic amines) is 1. The van der Waals surface area contributed by atoms with Gasteiger partial charge in [-0.2, -0.15) is 0 Å². The van der Waals surface area contributed by atoms with Crippen LogP contribution in [0.15, 0.2) is 23.2 Å². The topological polar surface area (TPSA) is 78.4 Å². The minimum atomic E-state index is 0.0341. The lowest BCUT2D eigenvalue weighted by atomic mass is 10.1. The predicted molar refractivity (Wildman–Crippen MR) is 125 cm³/mol. The first-order valence-corrected chi connectivity index (χ1v) is 11.2. The van der Waals surface area contributed by atoms with E-state index in [1.54, 1.807) is 19.1 Å². The van der Waals surface area contributed by atoms with Gasteiger partial charge in [0.2, 0.25) is 5.91 Å². The lowest BCUT2D eigenvalue weighted by Crippen LogP contribution is -2.43. The zero-order valence-electron chi connectivity index (χ0n) is 19.7. The van der Waals surface area contributed by atoms with E-state index in [0.29, 0.717) is 0 Å². The molecule has 1 aromatic rings. The Balaban J connectivity index is 1.79. The molecule has 1 aromatic carbocycles. The van der Waals surface area contributed by atoms with E-state index >= 15 is 0 Å². The van der Waals surface area contributed by atoms with E-state index in [4.69, 9.17) is 14.5 Å². The number of hydrogen-bond donors (Lipinski definition) is 2. The highest BCUT2D eigenvalue weighted by Crippen LogP contribution is 2.27. The van der Waals surface area contributed by atoms with E-state index in [2.05, 4.69) is 28.5 Å². The Morgan fingerprint density at radius 3 is 2.68 bits per heavy atom. The molecule has 1 fully saturated rings. The Kier molecular flexibility index (Phi) is 10.4. The Morgan fingerprint density at radius 1 is 1.23 bits per heavy atom. The molecular formula is C23H39N5O3. The van der Waals surface area contributed by atoms with Crippen LogP contribution in [0.25, 0.3) is 0 Å². The zero-order valence-corrected chi connectivity index (χ0v) is 19.7. The summed E-state index contributed by atoms with van der Waals surface area (Å²) in [4.78, 5) is 21.0. The molecule has 0 aromatic heterocycles. The van der Waals surface area contributed by atoms with Gasteiger partial charge in [0, 0.05) is 40.3 Å². The average Bonchev–Trinajstić information content (AvgIpc) is 3.24. The van der Waals surface area contributed by atoms with Crippen molar-refractivity contribution in [3.63, 3.8) is 0 Å². The smallest absolute Gasteiger partial charge is 0.239 e. The summed E-state index contributed by atoms with van der Waals surface area (Å²) in [6, 6.07) is 6.02. The van der Waals surface area contributed by atoms with Gasteiger partial charge in [-0.25, -0.2) is 0 Å². The summed E-state index contributed by atoms with van der Waals surface area (Å²) in [7, 11) is 6.96. The fraction of sp³-hybridized carbons (Fsp3) is 0.652. The van der Waals surface area contributed by atoms with Crippen LogP contribution in [0.3, 0.4) is 0 Å². The molecule has 0 bridgehead atoms. The number of rotatable bonds is 11. The van der Waals surface area contributed by atoms with Gasteiger partial charge < -0.3 is 25.0 Å². The van der Waals surface area contributed by atoms with Crippen molar-refractivity contribution in [2.45, 2.75) is 38.6 Å². The molecule has 1 aliphatic rings. The normalized spacial score (nSPS) is 16.8. The molecule has 174 valence electrons. The number of nitrogens with zero attached hydrogens (tertiary/aromatic N) is 3. The van der Waals surface area contributed by atoms with Crippen LogP contribution in [0.1, 0.15) is 31.7 Å². The van der Waals surface area contributed by atoms with Gasteiger partial charge in [-0.05, 0) is 56.8 Å². The molecule has 0 saturated carbocycles. The van der Waals surface area contributed by atoms with Crippen LogP contribution in [0.5, 0.6) is 11.5 Å². The number of benzene rings is 1. The highest BCUT2D eigenvalue weighted by molar-refractivity contribution is 5.81. The van der Waals surface area contributed by atoms with Gasteiger partial charge >= 0.3 is 0 Å². The SMILES string of the molecule is CCNC(=NCCCN1CCCC1C(=O)N(C)C)NCCc1ccc(OC)c(OC)c1. The second kappa shape index (κ2) is 13.0. The van der Waals surface area contributed by atoms with Crippen LogP contribution in [-0.4, -0.2) is 88.7 Å². The number of hydrogen-bond acceptors (Lipinski definition) is 5. The number of likely N-dealkylation sites (N-methyl/N-ethyl adjacent to an activating group) is 1. The molecule has 1 amide bonds. The minimum absolute atomic E-state index is 0.0341. The van der Waals surface area contributed by atoms with Crippen LogP contribution in [0, 0.1) is 0 Å². The van der Waals surface area contributed by atoms with E-state index in [0.717, 1.165) is 75.9 Å². The van der Waals surface area contributed by atoms with Gasteiger partial charge in [-0.15, -0.1) is 0 Å². The summed E-state index contributed by atoms with van der Waals surface area (Å²) in [5.41, 5.74) is 1.17. The van der Waals surface area contributed by atoms with Crippen LogP contribution < -0.4 is 20.1 Å². The summed E-state index contributed by atoms with van der Waals surface area (Å²) in [5, 5.41) is 6.70. The first-order chi connectivity index (χ1) is 15.0. The number of carbonyl (C=O) groups is 1. The Hall–Kier alpha value is -2.48. The molecule has 2 N–H and O–H groups in total. The molecule has 31 heavy (non-hydrogen) atoms. The third-order valence-corrected chi connectivity index (χ3v) is 5.46. The van der Waals surface area contributed by atoms with Crippen LogP contribution in [0.2, 0.25) is 0 Å². The lowest BCUT2D eigenvalue weighted by molar-refractivity contribution is -0.133. The molecular weight excluding hydrogens is 394 g/mol. The van der Waals surface area contributed by atoms with Gasteiger partial charge in [0.15, 0.2) is 17.5 Å². The quantitative estimate of drug-likeness (QED) is 0.314. The molecule has 8 nitrogen and oxygen atoms in total. The first-order valence-electron chi connectivity index (χ1n) is 11.2. The van der Waals surface area contributed by atoms with Crippen molar-refractivity contribution >= 4 is 11.9 Å². The molecule has 0 aliphatic carbocycles. The monoisotopic (exact) mass is 433 g/mol. The van der Waals surface area contributed by atoms with Gasteiger partial charge in [-0.3, -0.25) is 14.7 Å². The third kappa shape index (κ3) is 7.61. The zero-order chi connectivity index (χ0) is 22.6. The van der Waals surface area contributed by atoms with Crippen molar-refractivity contribution in [3.8, 4) is 11.5 Å². The molecule has 1 saturated heterocycles. The molecule has 1 aliphatic heterocycles. The standard InChI is InChI=1S/C23H39N5O3/c1-6-24-23(26-14-12-18-10-11-20(30-4)21(17-18)31-5)25-13-8-16-28-15-7-9-19(28)22(29)27(2)3/h10-11,17,19H,6-9,12-16H2,1-5H3,(H2,24,25,26). The molecule has 8 heteroatoms. The van der Waals surface area contributed by atoms with Crippen molar-refractivity contribution in [1.29, 1.82) is 0 Å². The maximum atomic E-state index is 12.3. The van der Waals surface area contributed by atoms with Gasteiger partial charge in [0.05, 0.1) is 20.3 Å². The number of amides is 1. The number of methoxy groups -OCH3 is 2. The summed E-state index contributed by atoms with van der Waals surface area (Å²) in [6.07, 6.45) is 3.84. The second-order valence-corrected chi connectivity index (χ2v) is 7.91. The van der Waals surface area contributed by atoms with Crippen LogP contribution in [0.4, 0.5) is 0 Å². The third-order valence-electron chi connectivity index (χ3n) is 5.46. The number of carbonyl (C=O) groups excluding carboxylic acids is 1. The fourth-order valence-electron chi connectivity index (χ4n) is 3.84. The van der Waals surface area contributed by atoms with Crippen LogP contribution >= 0.6 is 0 Å². The molecule has 1 unspecified atom stereocenters. The van der Waals surface area contributed by atoms with Crippen molar-refractivity contribution < 1.29 is 14.3 Å². The van der Waals surface area contributed by atoms with Crippen molar-refractivity contribution in [3.05, 3.63) is 23.8 Å². The lowest BCUT2D eigenvalue weighted by Gasteiger charge is -2.25. The van der Waals surface area contributed by atoms with E-state index in [-0.39, 0.29) is 11.9 Å². The summed E-state index contributed by atoms with van der Waals surface area (Å²) in [6.45, 7) is 6.27. The Labute approximate surface area is 187 Å². The van der Waals surface area contributed by atoms with Crippen molar-refractivity contribution in [2.24, 2.45) is 4.99 Å². The molecule has 2 rings (SSSR count). The largest absolute Gasteiger partial charge is 0.493 e. The van der Waals surface area contributed by atoms with E-state index in [1.165, 1.54) is 5.56 Å². The maximum Gasteiger partial charge on any atom is 0.239 e. The minimum Gasteiger partial charge on any atom is -0.493 e. The molecule has 1 atom stereocenters. The van der Waals surface area contributed by atoms with Gasteiger partial charge in [0.25, 0.3) is 0 Å². The fourth-order valence-corrected chi connectivity index (χ4v) is 3.84. The Morgan fingerprint density at radius 2 is 2.00 bits per heavy atom. The van der Waals surface area contributed by atoms with Crippen molar-refractivity contribution in [1.82, 2.24) is 20.4 Å². The highest BCUT2D eigenvalue weighted by atomic mass is 16.5. The van der Waals surface area contributed by atoms with E-state index in [9.17, 15) is 4.79 Å². The predicted octanol–water partition coefficient (Wildman–Crippen LogP) is 1.74. The van der Waals surface area contributed by atoms with Crippen molar-refractivity contribution in [2.75, 3.05) is 61.0 Å². The Bertz CT molecular complexity index is 723. The summed E-state index contributed by atoms with van der Waals surface area (Å²) < 4.78 is 10.7. The molecule has 1 heterocycles. The summed E-state index contributed by atoms with van der Waals surface area (Å²) >= 11 is 0. The number of nitrogens with one attached hydrogen (secondary N) is 2. The first kappa shape index (κ1) is 24.8. The number of ether oxygens (including phenoxy) is 2. The van der Waals surface area contributed by atoms with E-state index in [1.807, 2.05) is 26.2 Å².